The predicted molar refractivity (Wildman–Crippen MR) is 108 cm³/mol. The number of hydrogen-bond donors (Lipinski definition) is 0. The molecule has 4 rings (SSSR count). The average Bonchev–Trinajstić information content (AvgIpc) is 3.22. The van der Waals surface area contributed by atoms with Gasteiger partial charge in [-0.05, 0) is 19.1 Å². The normalized spacial score (nSPS) is 15.6. The first-order valence-electron chi connectivity index (χ1n) is 8.99. The standard InChI is InChI=1S/C19H18N4O4S2/c1-13-5-7-14(8-6-13)18(24)19(25)22-9-11-23(12-10-22)29(26,27)16-4-2-3-15-17(16)21-28-20-15/h2-8H,9-12H2,1H3. The molecule has 0 spiro atoms. The molecule has 0 unspecified atom stereocenters. The third kappa shape index (κ3) is 3.66. The van der Waals surface area contributed by atoms with Gasteiger partial charge in [-0.2, -0.15) is 13.1 Å². The summed E-state index contributed by atoms with van der Waals surface area (Å²) in [7, 11) is -3.77. The Morgan fingerprint density at radius 2 is 1.66 bits per heavy atom. The molecule has 2 heterocycles. The summed E-state index contributed by atoms with van der Waals surface area (Å²) in [5.74, 6) is -1.20. The fourth-order valence-electron chi connectivity index (χ4n) is 3.23. The van der Waals surface area contributed by atoms with Crippen molar-refractivity contribution in [1.82, 2.24) is 18.0 Å². The average molecular weight is 431 g/mol. The molecule has 1 aromatic heterocycles. The highest BCUT2D eigenvalue weighted by Crippen LogP contribution is 2.25. The van der Waals surface area contributed by atoms with Crippen LogP contribution in [0.25, 0.3) is 11.0 Å². The van der Waals surface area contributed by atoms with Crippen molar-refractivity contribution in [3.05, 3.63) is 53.6 Å². The maximum absolute atomic E-state index is 13.1. The molecule has 1 aliphatic heterocycles. The van der Waals surface area contributed by atoms with Gasteiger partial charge in [0.1, 0.15) is 15.9 Å². The van der Waals surface area contributed by atoms with Crippen molar-refractivity contribution < 1.29 is 18.0 Å². The Hall–Kier alpha value is -2.69. The highest BCUT2D eigenvalue weighted by Gasteiger charge is 2.33. The summed E-state index contributed by atoms with van der Waals surface area (Å²) in [6.45, 7) is 2.44. The van der Waals surface area contributed by atoms with Gasteiger partial charge in [-0.1, -0.05) is 35.9 Å². The van der Waals surface area contributed by atoms with Crippen LogP contribution in [0.4, 0.5) is 0 Å². The van der Waals surface area contributed by atoms with Crippen LogP contribution in [0.3, 0.4) is 0 Å². The Bertz CT molecular complexity index is 1180. The van der Waals surface area contributed by atoms with E-state index >= 15 is 0 Å². The molecular formula is C19H18N4O4S2. The second-order valence-electron chi connectivity index (χ2n) is 6.78. The highest BCUT2D eigenvalue weighted by molar-refractivity contribution is 7.89. The number of aromatic nitrogens is 2. The number of rotatable bonds is 4. The van der Waals surface area contributed by atoms with E-state index in [9.17, 15) is 18.0 Å². The van der Waals surface area contributed by atoms with E-state index in [1.54, 1.807) is 36.4 Å². The smallest absolute Gasteiger partial charge is 0.295 e. The monoisotopic (exact) mass is 430 g/mol. The van der Waals surface area contributed by atoms with E-state index in [1.165, 1.54) is 15.3 Å². The van der Waals surface area contributed by atoms with E-state index in [0.717, 1.165) is 17.3 Å². The Morgan fingerprint density at radius 3 is 2.34 bits per heavy atom. The Balaban J connectivity index is 1.47. The summed E-state index contributed by atoms with van der Waals surface area (Å²) in [6, 6.07) is 11.7. The van der Waals surface area contributed by atoms with Gasteiger partial charge >= 0.3 is 0 Å². The number of piperazine rings is 1. The maximum atomic E-state index is 13.1. The molecule has 1 amide bonds. The molecule has 0 atom stereocenters. The number of nitrogens with zero attached hydrogens (tertiary/aromatic N) is 4. The minimum atomic E-state index is -3.77. The number of benzene rings is 2. The highest BCUT2D eigenvalue weighted by atomic mass is 32.2. The van der Waals surface area contributed by atoms with Crippen LogP contribution < -0.4 is 0 Å². The Morgan fingerprint density at radius 1 is 0.966 bits per heavy atom. The number of hydrogen-bond acceptors (Lipinski definition) is 7. The summed E-state index contributed by atoms with van der Waals surface area (Å²) in [4.78, 5) is 26.5. The van der Waals surface area contributed by atoms with Crippen molar-refractivity contribution >= 4 is 44.5 Å². The summed E-state index contributed by atoms with van der Waals surface area (Å²) in [5, 5.41) is 0. The van der Waals surface area contributed by atoms with Crippen molar-refractivity contribution in [2.75, 3.05) is 26.2 Å². The Labute approximate surface area is 172 Å². The molecule has 150 valence electrons. The van der Waals surface area contributed by atoms with Crippen LogP contribution in [0.1, 0.15) is 15.9 Å². The zero-order valence-electron chi connectivity index (χ0n) is 15.6. The van der Waals surface area contributed by atoms with Gasteiger partial charge in [-0.25, -0.2) is 8.42 Å². The van der Waals surface area contributed by atoms with Gasteiger partial charge in [0, 0.05) is 31.7 Å². The number of ketones is 1. The first kappa shape index (κ1) is 19.6. The van der Waals surface area contributed by atoms with Gasteiger partial charge in [-0.3, -0.25) is 9.59 Å². The lowest BCUT2D eigenvalue weighted by atomic mass is 10.1. The fraction of sp³-hybridized carbons (Fsp3) is 0.263. The molecule has 1 aliphatic rings. The van der Waals surface area contributed by atoms with Crippen molar-refractivity contribution in [3.8, 4) is 0 Å². The van der Waals surface area contributed by atoms with Crippen LogP contribution >= 0.6 is 11.7 Å². The van der Waals surface area contributed by atoms with Crippen LogP contribution in [-0.2, 0) is 14.8 Å². The number of Topliss-reactive ketones (excluding diaryl/α,β-unsaturated/α-hetero) is 1. The molecule has 1 fully saturated rings. The van der Waals surface area contributed by atoms with E-state index in [1.807, 2.05) is 6.92 Å². The van der Waals surface area contributed by atoms with E-state index in [4.69, 9.17) is 0 Å². The minimum Gasteiger partial charge on any atom is -0.333 e. The molecule has 0 bridgehead atoms. The first-order valence-corrected chi connectivity index (χ1v) is 11.2. The maximum Gasteiger partial charge on any atom is 0.295 e. The van der Waals surface area contributed by atoms with E-state index in [2.05, 4.69) is 8.75 Å². The number of fused-ring (bicyclic) bond motifs is 1. The number of sulfonamides is 1. The zero-order valence-corrected chi connectivity index (χ0v) is 17.2. The molecule has 0 radical (unpaired) electrons. The van der Waals surface area contributed by atoms with Gasteiger partial charge in [-0.15, -0.1) is 0 Å². The molecule has 8 nitrogen and oxygen atoms in total. The lowest BCUT2D eigenvalue weighted by Gasteiger charge is -2.33. The van der Waals surface area contributed by atoms with Gasteiger partial charge in [0.25, 0.3) is 5.91 Å². The van der Waals surface area contributed by atoms with Gasteiger partial charge in [0.15, 0.2) is 0 Å². The van der Waals surface area contributed by atoms with E-state index in [-0.39, 0.29) is 31.1 Å². The van der Waals surface area contributed by atoms with E-state index in [0.29, 0.717) is 16.6 Å². The minimum absolute atomic E-state index is 0.110. The lowest BCUT2D eigenvalue weighted by molar-refractivity contribution is -0.127. The van der Waals surface area contributed by atoms with Gasteiger partial charge in [0.05, 0.1) is 11.7 Å². The van der Waals surface area contributed by atoms with Crippen LogP contribution in [0.5, 0.6) is 0 Å². The summed E-state index contributed by atoms with van der Waals surface area (Å²) in [5.41, 5.74) is 2.22. The van der Waals surface area contributed by atoms with Gasteiger partial charge in [0.2, 0.25) is 15.8 Å². The van der Waals surface area contributed by atoms with Crippen LogP contribution in [0.15, 0.2) is 47.4 Å². The Kier molecular flexibility index (Phi) is 5.15. The summed E-state index contributed by atoms with van der Waals surface area (Å²) in [6.07, 6.45) is 0. The fourth-order valence-corrected chi connectivity index (χ4v) is 5.41. The third-order valence-electron chi connectivity index (χ3n) is 4.90. The topological polar surface area (TPSA) is 101 Å². The predicted octanol–water partition coefficient (Wildman–Crippen LogP) is 1.72. The van der Waals surface area contributed by atoms with Crippen molar-refractivity contribution in [2.45, 2.75) is 11.8 Å². The molecule has 10 heteroatoms. The number of amides is 1. The SMILES string of the molecule is Cc1ccc(C(=O)C(=O)N2CCN(S(=O)(=O)c3cccc4nsnc34)CC2)cc1. The van der Waals surface area contributed by atoms with Crippen molar-refractivity contribution in [3.63, 3.8) is 0 Å². The first-order chi connectivity index (χ1) is 13.9. The number of carbonyl (C=O) groups is 2. The summed E-state index contributed by atoms with van der Waals surface area (Å²) >= 11 is 0.963. The molecule has 0 aliphatic carbocycles. The lowest BCUT2D eigenvalue weighted by Crippen LogP contribution is -2.52. The van der Waals surface area contributed by atoms with Crippen LogP contribution in [-0.4, -0.2) is 64.2 Å². The van der Waals surface area contributed by atoms with Crippen LogP contribution in [0.2, 0.25) is 0 Å². The quantitative estimate of drug-likeness (QED) is 0.461. The zero-order chi connectivity index (χ0) is 20.6. The van der Waals surface area contributed by atoms with Crippen LogP contribution in [0, 0.1) is 6.92 Å². The van der Waals surface area contributed by atoms with Gasteiger partial charge < -0.3 is 4.90 Å². The number of aryl methyl sites for hydroxylation is 1. The van der Waals surface area contributed by atoms with E-state index < -0.39 is 21.7 Å². The molecule has 29 heavy (non-hydrogen) atoms. The molecule has 1 saturated heterocycles. The second kappa shape index (κ2) is 7.62. The number of carbonyl (C=O) groups excluding carboxylic acids is 2. The molecule has 2 aromatic carbocycles. The molecule has 0 N–H and O–H groups in total. The second-order valence-corrected chi connectivity index (χ2v) is 9.21. The third-order valence-corrected chi connectivity index (χ3v) is 7.37. The van der Waals surface area contributed by atoms with Crippen molar-refractivity contribution in [1.29, 1.82) is 0 Å². The molecule has 3 aromatic rings. The largest absolute Gasteiger partial charge is 0.333 e. The molecular weight excluding hydrogens is 412 g/mol. The molecule has 0 saturated carbocycles. The van der Waals surface area contributed by atoms with Crippen molar-refractivity contribution in [2.24, 2.45) is 0 Å². The summed E-state index contributed by atoms with van der Waals surface area (Å²) < 4.78 is 35.6.